The highest BCUT2D eigenvalue weighted by Gasteiger charge is 2.51. The SMILES string of the molecule is CCOc1ccccc1CCCNC(=O)CN(c1ccc(C23CC4CC(CC(C4)C2)C3)cc1)S(C)(=O)=O. The second-order valence-electron chi connectivity index (χ2n) is 11.5. The molecular weight excluding hydrogens is 484 g/mol. The van der Waals surface area contributed by atoms with E-state index in [9.17, 15) is 13.2 Å². The smallest absolute Gasteiger partial charge is 0.240 e. The third-order valence-electron chi connectivity index (χ3n) is 8.71. The number of aryl methyl sites for hydroxylation is 1. The van der Waals surface area contributed by atoms with Crippen LogP contribution in [0.5, 0.6) is 5.75 Å². The van der Waals surface area contributed by atoms with E-state index in [1.54, 1.807) is 0 Å². The first-order valence-corrected chi connectivity index (χ1v) is 15.7. The predicted octanol–water partition coefficient (Wildman–Crippen LogP) is 5.07. The van der Waals surface area contributed by atoms with Gasteiger partial charge in [0, 0.05) is 6.54 Å². The van der Waals surface area contributed by atoms with Crippen LogP contribution in [0, 0.1) is 17.8 Å². The van der Waals surface area contributed by atoms with E-state index in [1.807, 2.05) is 43.3 Å². The Bertz CT molecular complexity index is 1170. The molecule has 7 heteroatoms. The van der Waals surface area contributed by atoms with Crippen LogP contribution in [-0.4, -0.2) is 40.3 Å². The molecule has 6 rings (SSSR count). The molecule has 0 unspecified atom stereocenters. The molecule has 4 aliphatic rings. The maximum atomic E-state index is 12.7. The van der Waals surface area contributed by atoms with Gasteiger partial charge in [0.2, 0.25) is 15.9 Å². The van der Waals surface area contributed by atoms with Crippen LogP contribution in [0.1, 0.15) is 63.0 Å². The van der Waals surface area contributed by atoms with Gasteiger partial charge >= 0.3 is 0 Å². The van der Waals surface area contributed by atoms with Crippen LogP contribution in [0.25, 0.3) is 0 Å². The molecule has 1 amide bonds. The second kappa shape index (κ2) is 10.7. The maximum absolute atomic E-state index is 12.7. The summed E-state index contributed by atoms with van der Waals surface area (Å²) in [7, 11) is -3.60. The monoisotopic (exact) mass is 524 g/mol. The number of para-hydroxylation sites is 1. The van der Waals surface area contributed by atoms with Gasteiger partial charge in [-0.3, -0.25) is 9.10 Å². The number of ether oxygens (including phenoxy) is 1. The molecule has 0 saturated heterocycles. The first-order valence-electron chi connectivity index (χ1n) is 13.8. The molecule has 0 spiro atoms. The van der Waals surface area contributed by atoms with Gasteiger partial charge in [-0.25, -0.2) is 8.42 Å². The van der Waals surface area contributed by atoms with Crippen molar-refractivity contribution in [2.24, 2.45) is 17.8 Å². The van der Waals surface area contributed by atoms with Crippen LogP contribution in [0.15, 0.2) is 48.5 Å². The van der Waals surface area contributed by atoms with Crippen molar-refractivity contribution in [1.82, 2.24) is 5.32 Å². The summed E-state index contributed by atoms with van der Waals surface area (Å²) in [5, 5.41) is 2.89. The molecule has 0 heterocycles. The van der Waals surface area contributed by atoms with E-state index < -0.39 is 10.0 Å². The quantitative estimate of drug-likeness (QED) is 0.417. The number of hydrogen-bond donors (Lipinski definition) is 1. The zero-order valence-electron chi connectivity index (χ0n) is 22.1. The molecule has 0 atom stereocenters. The molecule has 1 N–H and O–H groups in total. The molecule has 2 aromatic rings. The lowest BCUT2D eigenvalue weighted by Crippen LogP contribution is -2.48. The fourth-order valence-electron chi connectivity index (χ4n) is 7.55. The fraction of sp³-hybridized carbons (Fsp3) is 0.567. The number of benzene rings is 2. The van der Waals surface area contributed by atoms with Crippen LogP contribution in [0.3, 0.4) is 0 Å². The van der Waals surface area contributed by atoms with Gasteiger partial charge in [0.15, 0.2) is 0 Å². The number of amides is 1. The van der Waals surface area contributed by atoms with Crippen molar-refractivity contribution in [1.29, 1.82) is 0 Å². The zero-order chi connectivity index (χ0) is 26.0. The van der Waals surface area contributed by atoms with Crippen LogP contribution < -0.4 is 14.4 Å². The van der Waals surface area contributed by atoms with Gasteiger partial charge < -0.3 is 10.1 Å². The highest BCUT2D eigenvalue weighted by molar-refractivity contribution is 7.92. The van der Waals surface area contributed by atoms with Crippen LogP contribution in [0.2, 0.25) is 0 Å². The van der Waals surface area contributed by atoms with Crippen LogP contribution >= 0.6 is 0 Å². The summed E-state index contributed by atoms with van der Waals surface area (Å²) in [6.07, 6.45) is 10.7. The Balaban J connectivity index is 1.19. The van der Waals surface area contributed by atoms with E-state index in [2.05, 4.69) is 17.4 Å². The number of rotatable bonds is 11. The van der Waals surface area contributed by atoms with Gasteiger partial charge in [-0.15, -0.1) is 0 Å². The lowest BCUT2D eigenvalue weighted by Gasteiger charge is -2.57. The van der Waals surface area contributed by atoms with Crippen molar-refractivity contribution < 1.29 is 17.9 Å². The number of nitrogens with zero attached hydrogens (tertiary/aromatic N) is 1. The van der Waals surface area contributed by atoms with Crippen molar-refractivity contribution in [2.45, 2.75) is 63.7 Å². The van der Waals surface area contributed by atoms with Crippen molar-refractivity contribution in [3.63, 3.8) is 0 Å². The van der Waals surface area contributed by atoms with E-state index in [4.69, 9.17) is 4.74 Å². The molecule has 0 aromatic heterocycles. The zero-order valence-corrected chi connectivity index (χ0v) is 22.9. The van der Waals surface area contributed by atoms with Gasteiger partial charge in [0.25, 0.3) is 0 Å². The molecule has 4 bridgehead atoms. The molecule has 4 saturated carbocycles. The normalized spacial score (nSPS) is 26.2. The molecule has 37 heavy (non-hydrogen) atoms. The highest BCUT2D eigenvalue weighted by Crippen LogP contribution is 2.60. The van der Waals surface area contributed by atoms with Crippen molar-refractivity contribution in [3.05, 3.63) is 59.7 Å². The second-order valence-corrected chi connectivity index (χ2v) is 13.4. The Morgan fingerprint density at radius 2 is 1.62 bits per heavy atom. The number of anilines is 1. The van der Waals surface area contributed by atoms with E-state index in [-0.39, 0.29) is 17.9 Å². The Labute approximate surface area is 221 Å². The van der Waals surface area contributed by atoms with Crippen molar-refractivity contribution >= 4 is 21.6 Å². The summed E-state index contributed by atoms with van der Waals surface area (Å²) < 4.78 is 32.1. The van der Waals surface area contributed by atoms with Gasteiger partial charge in [-0.05, 0) is 111 Å². The standard InChI is InChI=1S/C30H40N2O4S/c1-3-36-28-9-5-4-7-25(28)8-6-14-31-29(33)21-32(37(2,34)35)27-12-10-26(11-13-27)30-18-22-15-23(19-30)17-24(16-22)20-30/h4-5,7,9-13,22-24H,3,6,8,14-21H2,1-2H3,(H,31,33). The van der Waals surface area contributed by atoms with E-state index in [0.29, 0.717) is 18.8 Å². The largest absolute Gasteiger partial charge is 0.494 e. The summed E-state index contributed by atoms with van der Waals surface area (Å²) in [6.45, 7) is 2.83. The number of sulfonamides is 1. The van der Waals surface area contributed by atoms with Gasteiger partial charge in [0.1, 0.15) is 12.3 Å². The lowest BCUT2D eigenvalue weighted by atomic mass is 9.48. The summed E-state index contributed by atoms with van der Waals surface area (Å²) >= 11 is 0. The van der Waals surface area contributed by atoms with Crippen LogP contribution in [-0.2, 0) is 26.7 Å². The topological polar surface area (TPSA) is 75.7 Å². The third-order valence-corrected chi connectivity index (χ3v) is 9.85. The van der Waals surface area contributed by atoms with E-state index in [0.717, 1.165) is 48.2 Å². The number of hydrogen-bond acceptors (Lipinski definition) is 4. The fourth-order valence-corrected chi connectivity index (χ4v) is 8.40. The van der Waals surface area contributed by atoms with Crippen molar-refractivity contribution in [2.75, 3.05) is 30.3 Å². The van der Waals surface area contributed by atoms with Crippen molar-refractivity contribution in [3.8, 4) is 5.75 Å². The molecule has 4 fully saturated rings. The maximum Gasteiger partial charge on any atom is 0.240 e. The van der Waals surface area contributed by atoms with E-state index >= 15 is 0 Å². The Hall–Kier alpha value is -2.54. The predicted molar refractivity (Wildman–Crippen MR) is 147 cm³/mol. The highest BCUT2D eigenvalue weighted by atomic mass is 32.2. The van der Waals surface area contributed by atoms with Gasteiger partial charge in [-0.2, -0.15) is 0 Å². The minimum absolute atomic E-state index is 0.217. The molecule has 0 radical (unpaired) electrons. The van der Waals surface area contributed by atoms with E-state index in [1.165, 1.54) is 48.4 Å². The molecular formula is C30H40N2O4S. The first-order chi connectivity index (χ1) is 17.8. The Morgan fingerprint density at radius 1 is 1.00 bits per heavy atom. The molecule has 6 nitrogen and oxygen atoms in total. The molecule has 0 aliphatic heterocycles. The summed E-state index contributed by atoms with van der Waals surface area (Å²) in [5.41, 5.74) is 3.27. The summed E-state index contributed by atoms with van der Waals surface area (Å²) in [4.78, 5) is 12.7. The number of carbonyl (C=O) groups is 1. The van der Waals surface area contributed by atoms with Gasteiger partial charge in [-0.1, -0.05) is 30.3 Å². The molecule has 200 valence electrons. The van der Waals surface area contributed by atoms with Gasteiger partial charge in [0.05, 0.1) is 18.6 Å². The average Bonchev–Trinajstić information content (AvgIpc) is 2.85. The van der Waals surface area contributed by atoms with Crippen LogP contribution in [0.4, 0.5) is 5.69 Å². The summed E-state index contributed by atoms with van der Waals surface area (Å²) in [5.74, 6) is 3.14. The average molecular weight is 525 g/mol. The third kappa shape index (κ3) is 5.82. The Kier molecular flexibility index (Phi) is 7.53. The number of carbonyl (C=O) groups excluding carboxylic acids is 1. The molecule has 4 aliphatic carbocycles. The minimum Gasteiger partial charge on any atom is -0.494 e. The first kappa shape index (κ1) is 26.1. The lowest BCUT2D eigenvalue weighted by molar-refractivity contribution is -0.119. The summed E-state index contributed by atoms with van der Waals surface area (Å²) in [6, 6.07) is 15.9. The minimum atomic E-state index is -3.60. The Morgan fingerprint density at radius 3 is 2.22 bits per heavy atom. The number of nitrogens with one attached hydrogen (secondary N) is 1. The molecule has 2 aromatic carbocycles.